The number of carbonyl (C=O) groups is 1. The second kappa shape index (κ2) is 5.79. The van der Waals surface area contributed by atoms with Crippen molar-refractivity contribution in [3.05, 3.63) is 54.0 Å². The summed E-state index contributed by atoms with van der Waals surface area (Å²) in [6.07, 6.45) is 6.71. The van der Waals surface area contributed by atoms with Gasteiger partial charge in [-0.05, 0) is 42.3 Å². The summed E-state index contributed by atoms with van der Waals surface area (Å²) in [6.45, 7) is 0. The fraction of sp³-hybridized carbons (Fsp3) is 0.333. The maximum absolute atomic E-state index is 12.7. The quantitative estimate of drug-likeness (QED) is 0.687. The molecule has 6 heteroatoms. The van der Waals surface area contributed by atoms with Gasteiger partial charge in [-0.1, -0.05) is 6.07 Å². The van der Waals surface area contributed by atoms with Gasteiger partial charge >= 0.3 is 0 Å². The Morgan fingerprint density at radius 3 is 2.96 bits per heavy atom. The predicted octanol–water partition coefficient (Wildman–Crippen LogP) is 2.14. The summed E-state index contributed by atoms with van der Waals surface area (Å²) in [5.74, 6) is 0.129. The number of aliphatic hydroxyl groups excluding tert-OH is 1. The maximum Gasteiger partial charge on any atom is 0.251 e. The van der Waals surface area contributed by atoms with E-state index in [4.69, 9.17) is 0 Å². The Kier molecular flexibility index (Phi) is 3.61. The van der Waals surface area contributed by atoms with Gasteiger partial charge in [-0.3, -0.25) is 9.48 Å². The van der Waals surface area contributed by atoms with Crippen molar-refractivity contribution in [2.45, 2.75) is 25.0 Å². The van der Waals surface area contributed by atoms with Crippen LogP contribution in [0.3, 0.4) is 0 Å². The molecular formula is C18H20N4O2. The lowest BCUT2D eigenvalue weighted by atomic mass is 9.75. The molecule has 24 heavy (non-hydrogen) atoms. The van der Waals surface area contributed by atoms with E-state index in [0.717, 1.165) is 16.5 Å². The second-order valence-electron chi connectivity index (χ2n) is 6.56. The van der Waals surface area contributed by atoms with Crippen LogP contribution in [0.2, 0.25) is 0 Å². The molecule has 2 heterocycles. The van der Waals surface area contributed by atoms with Gasteiger partial charge in [0, 0.05) is 36.1 Å². The number of carbonyl (C=O) groups excluding carboxylic acids is 1. The molecule has 4 rings (SSSR count). The van der Waals surface area contributed by atoms with E-state index in [0.29, 0.717) is 18.4 Å². The topological polar surface area (TPSA) is 82.9 Å². The third kappa shape index (κ3) is 2.69. The summed E-state index contributed by atoms with van der Waals surface area (Å²) in [7, 11) is 1.86. The summed E-state index contributed by atoms with van der Waals surface area (Å²) >= 11 is 0. The highest BCUT2D eigenvalue weighted by atomic mass is 16.3. The zero-order valence-corrected chi connectivity index (χ0v) is 13.4. The van der Waals surface area contributed by atoms with Gasteiger partial charge in [0.2, 0.25) is 0 Å². The van der Waals surface area contributed by atoms with E-state index in [9.17, 15) is 9.90 Å². The van der Waals surface area contributed by atoms with Crippen LogP contribution in [0.4, 0.5) is 0 Å². The Morgan fingerprint density at radius 1 is 1.42 bits per heavy atom. The normalized spacial score (nSPS) is 21.4. The highest BCUT2D eigenvalue weighted by molar-refractivity contribution is 5.98. The highest BCUT2D eigenvalue weighted by Gasteiger charge is 2.36. The number of hydrogen-bond acceptors (Lipinski definition) is 3. The number of H-pyrrole nitrogens is 1. The third-order valence-electron chi connectivity index (χ3n) is 4.81. The largest absolute Gasteiger partial charge is 0.393 e. The summed E-state index contributed by atoms with van der Waals surface area (Å²) in [5, 5.41) is 18.0. The van der Waals surface area contributed by atoms with E-state index < -0.39 is 0 Å². The summed E-state index contributed by atoms with van der Waals surface area (Å²) < 4.78 is 1.73. The van der Waals surface area contributed by atoms with E-state index in [1.54, 1.807) is 10.9 Å². The number of aliphatic hydroxyl groups is 1. The van der Waals surface area contributed by atoms with Crippen molar-refractivity contribution in [1.82, 2.24) is 20.1 Å². The molecule has 0 saturated heterocycles. The van der Waals surface area contributed by atoms with Gasteiger partial charge in [0.25, 0.3) is 5.91 Å². The molecule has 3 aromatic rings. The number of nitrogens with one attached hydrogen (secondary N) is 2. The number of benzene rings is 1. The van der Waals surface area contributed by atoms with E-state index in [-0.39, 0.29) is 24.0 Å². The third-order valence-corrected chi connectivity index (χ3v) is 4.81. The number of aromatic nitrogens is 3. The molecule has 1 aromatic carbocycles. The Balaban J connectivity index is 1.58. The summed E-state index contributed by atoms with van der Waals surface area (Å²) in [5.41, 5.74) is 2.54. The number of rotatable bonds is 4. The lowest BCUT2D eigenvalue weighted by Gasteiger charge is -2.37. The SMILES string of the molecule is Cn1cc([C@H](NC(=O)c2ccc3cc[nH]c3c2)C2CC(O)C2)cn1. The number of fused-ring (bicyclic) bond motifs is 1. The lowest BCUT2D eigenvalue weighted by Crippen LogP contribution is -2.41. The van der Waals surface area contributed by atoms with Crippen molar-refractivity contribution in [3.63, 3.8) is 0 Å². The summed E-state index contributed by atoms with van der Waals surface area (Å²) in [4.78, 5) is 15.8. The van der Waals surface area contributed by atoms with Gasteiger partial charge < -0.3 is 15.4 Å². The molecule has 0 aliphatic heterocycles. The Labute approximate surface area is 139 Å². The minimum absolute atomic E-state index is 0.109. The standard InChI is InChI=1S/C18H20N4O2/c1-22-10-14(9-20-22)17(13-6-15(23)7-13)21-18(24)12-3-2-11-4-5-19-16(11)8-12/h2-5,8-10,13,15,17,19,23H,6-7H2,1H3,(H,21,24)/t13?,15?,17-/m1/s1. The number of nitrogens with zero attached hydrogens (tertiary/aromatic N) is 2. The minimum atomic E-state index is -0.263. The van der Waals surface area contributed by atoms with Crippen LogP contribution in [-0.4, -0.2) is 31.9 Å². The molecule has 3 N–H and O–H groups in total. The fourth-order valence-electron chi connectivity index (χ4n) is 3.39. The molecule has 1 aliphatic carbocycles. The van der Waals surface area contributed by atoms with Crippen LogP contribution in [0.25, 0.3) is 10.9 Å². The van der Waals surface area contributed by atoms with Crippen molar-refractivity contribution < 1.29 is 9.90 Å². The number of hydrogen-bond donors (Lipinski definition) is 3. The Hall–Kier alpha value is -2.60. The van der Waals surface area contributed by atoms with Crippen molar-refractivity contribution >= 4 is 16.8 Å². The summed E-state index contributed by atoms with van der Waals surface area (Å²) in [6, 6.07) is 7.48. The molecule has 1 saturated carbocycles. The first-order valence-electron chi connectivity index (χ1n) is 8.15. The molecule has 0 radical (unpaired) electrons. The fourth-order valence-corrected chi connectivity index (χ4v) is 3.39. The Morgan fingerprint density at radius 2 is 2.25 bits per heavy atom. The molecule has 0 bridgehead atoms. The van der Waals surface area contributed by atoms with E-state index in [1.807, 2.05) is 43.7 Å². The molecule has 6 nitrogen and oxygen atoms in total. The van der Waals surface area contributed by atoms with E-state index in [1.165, 1.54) is 0 Å². The highest BCUT2D eigenvalue weighted by Crippen LogP contribution is 2.38. The van der Waals surface area contributed by atoms with Crippen LogP contribution >= 0.6 is 0 Å². The molecule has 1 aliphatic rings. The smallest absolute Gasteiger partial charge is 0.251 e. The van der Waals surface area contributed by atoms with Crippen molar-refractivity contribution in [2.75, 3.05) is 0 Å². The first-order chi connectivity index (χ1) is 11.6. The van der Waals surface area contributed by atoms with Gasteiger partial charge in [0.1, 0.15) is 0 Å². The van der Waals surface area contributed by atoms with Crippen molar-refractivity contribution in [1.29, 1.82) is 0 Å². The van der Waals surface area contributed by atoms with Crippen LogP contribution in [0.15, 0.2) is 42.9 Å². The van der Waals surface area contributed by atoms with E-state index in [2.05, 4.69) is 15.4 Å². The Bertz CT molecular complexity index is 876. The molecule has 0 spiro atoms. The molecular weight excluding hydrogens is 304 g/mol. The first kappa shape index (κ1) is 15.0. The van der Waals surface area contributed by atoms with Crippen LogP contribution in [0.1, 0.15) is 34.8 Å². The van der Waals surface area contributed by atoms with Crippen LogP contribution in [-0.2, 0) is 7.05 Å². The van der Waals surface area contributed by atoms with Gasteiger partial charge in [0.05, 0.1) is 18.3 Å². The zero-order valence-electron chi connectivity index (χ0n) is 13.4. The predicted molar refractivity (Wildman–Crippen MR) is 90.4 cm³/mol. The number of aromatic amines is 1. The molecule has 0 unspecified atom stereocenters. The zero-order chi connectivity index (χ0) is 16.7. The second-order valence-corrected chi connectivity index (χ2v) is 6.56. The average molecular weight is 324 g/mol. The van der Waals surface area contributed by atoms with Crippen molar-refractivity contribution in [2.24, 2.45) is 13.0 Å². The number of aryl methyl sites for hydroxylation is 1. The van der Waals surface area contributed by atoms with Crippen molar-refractivity contribution in [3.8, 4) is 0 Å². The molecule has 1 fully saturated rings. The molecule has 1 atom stereocenters. The van der Waals surface area contributed by atoms with Crippen LogP contribution < -0.4 is 5.32 Å². The van der Waals surface area contributed by atoms with Crippen LogP contribution in [0, 0.1) is 5.92 Å². The molecule has 1 amide bonds. The number of amides is 1. The van der Waals surface area contributed by atoms with Gasteiger partial charge in [-0.25, -0.2) is 0 Å². The van der Waals surface area contributed by atoms with E-state index >= 15 is 0 Å². The lowest BCUT2D eigenvalue weighted by molar-refractivity contribution is 0.0235. The van der Waals surface area contributed by atoms with Crippen LogP contribution in [0.5, 0.6) is 0 Å². The maximum atomic E-state index is 12.7. The van der Waals surface area contributed by atoms with Gasteiger partial charge in [-0.2, -0.15) is 5.10 Å². The van der Waals surface area contributed by atoms with Gasteiger partial charge in [-0.15, -0.1) is 0 Å². The monoisotopic (exact) mass is 324 g/mol. The first-order valence-corrected chi connectivity index (χ1v) is 8.15. The average Bonchev–Trinajstić information content (AvgIpc) is 3.17. The minimum Gasteiger partial charge on any atom is -0.393 e. The molecule has 2 aromatic heterocycles. The molecule has 124 valence electrons. The van der Waals surface area contributed by atoms with Gasteiger partial charge in [0.15, 0.2) is 0 Å².